The summed E-state index contributed by atoms with van der Waals surface area (Å²) in [6, 6.07) is 10.3. The van der Waals surface area contributed by atoms with Crippen molar-refractivity contribution in [3.63, 3.8) is 0 Å². The molecule has 0 aliphatic rings. The number of hydrogen-bond acceptors (Lipinski definition) is 4. The van der Waals surface area contributed by atoms with E-state index in [9.17, 15) is 0 Å². The van der Waals surface area contributed by atoms with Crippen LogP contribution in [0.25, 0.3) is 0 Å². The second kappa shape index (κ2) is 9.78. The number of nitrogens with one attached hydrogen (secondary N) is 2. The van der Waals surface area contributed by atoms with Crippen molar-refractivity contribution in [1.82, 2.24) is 25.4 Å². The number of guanidine groups is 1. The number of ether oxygens (including phenoxy) is 1. The van der Waals surface area contributed by atoms with Crippen molar-refractivity contribution in [2.75, 3.05) is 20.2 Å². The number of rotatable bonds is 8. The minimum atomic E-state index is 0.109. The maximum Gasteiger partial charge on any atom is 0.191 e. The molecule has 1 aromatic heterocycles. The van der Waals surface area contributed by atoms with Crippen LogP contribution in [0.4, 0.5) is 0 Å². The highest BCUT2D eigenvalue weighted by Gasteiger charge is 2.06. The molecule has 25 heavy (non-hydrogen) atoms. The van der Waals surface area contributed by atoms with E-state index in [2.05, 4.69) is 44.9 Å². The van der Waals surface area contributed by atoms with Crippen molar-refractivity contribution in [3.05, 3.63) is 47.5 Å². The summed E-state index contributed by atoms with van der Waals surface area (Å²) >= 11 is 0. The Morgan fingerprint density at radius 2 is 2.00 bits per heavy atom. The number of aryl methyl sites for hydroxylation is 1. The summed E-state index contributed by atoms with van der Waals surface area (Å²) in [5.41, 5.74) is 1.20. The van der Waals surface area contributed by atoms with Crippen molar-refractivity contribution in [2.45, 2.75) is 32.9 Å². The van der Waals surface area contributed by atoms with Crippen LogP contribution in [-0.2, 0) is 18.3 Å². The van der Waals surface area contributed by atoms with E-state index in [1.54, 1.807) is 7.05 Å². The van der Waals surface area contributed by atoms with Crippen LogP contribution in [0.5, 0.6) is 0 Å². The first-order chi connectivity index (χ1) is 12.1. The van der Waals surface area contributed by atoms with E-state index in [1.807, 2.05) is 36.7 Å². The van der Waals surface area contributed by atoms with Crippen LogP contribution < -0.4 is 10.6 Å². The zero-order valence-electron chi connectivity index (χ0n) is 15.5. The van der Waals surface area contributed by atoms with E-state index in [1.165, 1.54) is 5.56 Å². The number of aromatic nitrogens is 3. The highest BCUT2D eigenvalue weighted by Crippen LogP contribution is 2.15. The minimum absolute atomic E-state index is 0.109. The van der Waals surface area contributed by atoms with E-state index < -0.39 is 0 Å². The van der Waals surface area contributed by atoms with Crippen molar-refractivity contribution in [1.29, 1.82) is 0 Å². The molecule has 2 N–H and O–H groups in total. The van der Waals surface area contributed by atoms with Gasteiger partial charge in [0.2, 0.25) is 0 Å². The second-order valence-corrected chi connectivity index (χ2v) is 5.85. The zero-order chi connectivity index (χ0) is 18.1. The minimum Gasteiger partial charge on any atom is -0.374 e. The monoisotopic (exact) mass is 344 g/mol. The van der Waals surface area contributed by atoms with E-state index in [0.29, 0.717) is 13.2 Å². The van der Waals surface area contributed by atoms with Crippen molar-refractivity contribution < 1.29 is 4.74 Å². The van der Waals surface area contributed by atoms with Gasteiger partial charge in [-0.05, 0) is 25.8 Å². The Balaban J connectivity index is 1.63. The highest BCUT2D eigenvalue weighted by atomic mass is 16.5. The molecule has 136 valence electrons. The van der Waals surface area contributed by atoms with Crippen LogP contribution >= 0.6 is 0 Å². The standard InChI is InChI=1S/C18H28N6O/c1-14(16-9-6-5-7-10-16)25-12-8-11-20-18(19-3)21-13-17-23-22-15(2)24(17)4/h5-7,9-10,14H,8,11-13H2,1-4H3,(H2,19,20,21). The number of hydrogen-bond donors (Lipinski definition) is 2. The molecule has 0 fully saturated rings. The third-order valence-corrected chi connectivity index (χ3v) is 4.07. The zero-order valence-corrected chi connectivity index (χ0v) is 15.5. The summed E-state index contributed by atoms with van der Waals surface area (Å²) in [7, 11) is 3.71. The van der Waals surface area contributed by atoms with Crippen LogP contribution in [0.3, 0.4) is 0 Å². The maximum absolute atomic E-state index is 5.87. The number of benzene rings is 1. The average molecular weight is 344 g/mol. The molecule has 0 saturated carbocycles. The maximum atomic E-state index is 5.87. The molecule has 0 bridgehead atoms. The Morgan fingerprint density at radius 1 is 1.24 bits per heavy atom. The van der Waals surface area contributed by atoms with Crippen molar-refractivity contribution >= 4 is 5.96 Å². The van der Waals surface area contributed by atoms with Crippen LogP contribution in [0.15, 0.2) is 35.3 Å². The first kappa shape index (κ1) is 18.9. The fraction of sp³-hybridized carbons (Fsp3) is 0.500. The van der Waals surface area contributed by atoms with Gasteiger partial charge in [-0.15, -0.1) is 10.2 Å². The van der Waals surface area contributed by atoms with Crippen LogP contribution in [0.2, 0.25) is 0 Å². The van der Waals surface area contributed by atoms with Gasteiger partial charge in [0.1, 0.15) is 5.82 Å². The first-order valence-corrected chi connectivity index (χ1v) is 8.57. The summed E-state index contributed by atoms with van der Waals surface area (Å²) in [5, 5.41) is 14.7. The molecular formula is C18H28N6O. The van der Waals surface area contributed by atoms with Gasteiger partial charge in [-0.2, -0.15) is 0 Å². The topological polar surface area (TPSA) is 76.4 Å². The molecule has 0 spiro atoms. The fourth-order valence-electron chi connectivity index (χ4n) is 2.35. The van der Waals surface area contributed by atoms with Gasteiger partial charge in [0.25, 0.3) is 0 Å². The Bertz CT molecular complexity index is 667. The third kappa shape index (κ3) is 5.86. The molecule has 1 unspecified atom stereocenters. The van der Waals surface area contributed by atoms with Gasteiger partial charge >= 0.3 is 0 Å². The predicted octanol–water partition coefficient (Wildman–Crippen LogP) is 1.96. The molecule has 7 nitrogen and oxygen atoms in total. The van der Waals surface area contributed by atoms with Crippen molar-refractivity contribution in [3.8, 4) is 0 Å². The smallest absolute Gasteiger partial charge is 0.191 e. The van der Waals surface area contributed by atoms with Crippen LogP contribution in [0, 0.1) is 6.92 Å². The lowest BCUT2D eigenvalue weighted by molar-refractivity contribution is 0.0646. The van der Waals surface area contributed by atoms with Gasteiger partial charge in [0.05, 0.1) is 12.6 Å². The van der Waals surface area contributed by atoms with E-state index >= 15 is 0 Å². The van der Waals surface area contributed by atoms with Gasteiger partial charge in [0, 0.05) is 27.2 Å². The molecule has 1 atom stereocenters. The SMILES string of the molecule is CN=C(NCCCOC(C)c1ccccc1)NCc1nnc(C)n1C. The third-order valence-electron chi connectivity index (χ3n) is 4.07. The molecule has 7 heteroatoms. The molecule has 0 saturated heterocycles. The molecule has 0 amide bonds. The Labute approximate surface area is 149 Å². The fourth-order valence-corrected chi connectivity index (χ4v) is 2.35. The number of aliphatic imine (C=N–C) groups is 1. The van der Waals surface area contributed by atoms with Crippen LogP contribution in [-0.4, -0.2) is 40.9 Å². The van der Waals surface area contributed by atoms with Crippen LogP contribution in [0.1, 0.15) is 36.7 Å². The molecule has 2 aromatic rings. The predicted molar refractivity (Wildman–Crippen MR) is 99.4 cm³/mol. The first-order valence-electron chi connectivity index (χ1n) is 8.57. The lowest BCUT2D eigenvalue weighted by Gasteiger charge is -2.14. The normalized spacial score (nSPS) is 12.9. The summed E-state index contributed by atoms with van der Waals surface area (Å²) in [5.74, 6) is 2.52. The quantitative estimate of drug-likeness (QED) is 0.435. The van der Waals surface area contributed by atoms with E-state index in [-0.39, 0.29) is 6.10 Å². The molecule has 0 aliphatic heterocycles. The van der Waals surface area contributed by atoms with Gasteiger partial charge in [-0.1, -0.05) is 30.3 Å². The van der Waals surface area contributed by atoms with Crippen molar-refractivity contribution in [2.24, 2.45) is 12.0 Å². The second-order valence-electron chi connectivity index (χ2n) is 5.85. The summed E-state index contributed by atoms with van der Waals surface area (Å²) < 4.78 is 7.83. The molecule has 0 aliphatic carbocycles. The summed E-state index contributed by atoms with van der Waals surface area (Å²) in [6.07, 6.45) is 1.01. The molecule has 0 radical (unpaired) electrons. The Morgan fingerprint density at radius 3 is 2.64 bits per heavy atom. The van der Waals surface area contributed by atoms with E-state index in [0.717, 1.165) is 30.6 Å². The highest BCUT2D eigenvalue weighted by molar-refractivity contribution is 5.79. The Hall–Kier alpha value is -2.41. The molecule has 2 rings (SSSR count). The lowest BCUT2D eigenvalue weighted by atomic mass is 10.1. The summed E-state index contributed by atoms with van der Waals surface area (Å²) in [6.45, 7) is 6.08. The molecular weight excluding hydrogens is 316 g/mol. The average Bonchev–Trinajstić information content (AvgIpc) is 2.96. The van der Waals surface area contributed by atoms with E-state index in [4.69, 9.17) is 4.74 Å². The largest absolute Gasteiger partial charge is 0.374 e. The molecule has 1 aromatic carbocycles. The van der Waals surface area contributed by atoms with Gasteiger partial charge in [-0.25, -0.2) is 0 Å². The van der Waals surface area contributed by atoms with Gasteiger partial charge < -0.3 is 19.9 Å². The Kier molecular flexibility index (Phi) is 7.40. The summed E-state index contributed by atoms with van der Waals surface area (Å²) in [4.78, 5) is 4.22. The van der Waals surface area contributed by atoms with Gasteiger partial charge in [-0.3, -0.25) is 4.99 Å². The van der Waals surface area contributed by atoms with Gasteiger partial charge in [0.15, 0.2) is 11.8 Å². The lowest BCUT2D eigenvalue weighted by Crippen LogP contribution is -2.38. The number of nitrogens with zero attached hydrogens (tertiary/aromatic N) is 4. The molecule has 1 heterocycles.